The zero-order valence-corrected chi connectivity index (χ0v) is 7.05. The zero-order chi connectivity index (χ0) is 8.55. The Labute approximate surface area is 75.0 Å². The lowest BCUT2D eigenvalue weighted by Crippen LogP contribution is -1.90. The molecule has 0 fully saturated rings. The summed E-state index contributed by atoms with van der Waals surface area (Å²) in [6.07, 6.45) is 1.67. The molecule has 0 atom stereocenters. The van der Waals surface area contributed by atoms with Crippen molar-refractivity contribution in [2.45, 2.75) is 0 Å². The second-order valence-electron chi connectivity index (χ2n) is 2.53. The third-order valence-electron chi connectivity index (χ3n) is 1.77. The van der Waals surface area contributed by atoms with E-state index in [1.165, 1.54) is 0 Å². The molecule has 0 saturated carbocycles. The predicted molar refractivity (Wildman–Crippen MR) is 51.2 cm³/mol. The summed E-state index contributed by atoms with van der Waals surface area (Å²) in [6, 6.07) is 7.54. The van der Waals surface area contributed by atoms with E-state index in [1.54, 1.807) is 6.20 Å². The lowest BCUT2D eigenvalue weighted by Gasteiger charge is -2.01. The van der Waals surface area contributed by atoms with Gasteiger partial charge in [-0.15, -0.1) is 0 Å². The highest BCUT2D eigenvalue weighted by molar-refractivity contribution is 6.36. The van der Waals surface area contributed by atoms with Gasteiger partial charge in [0.1, 0.15) is 5.82 Å². The average Bonchev–Trinajstić information content (AvgIpc) is 2.04. The first kappa shape index (κ1) is 7.37. The van der Waals surface area contributed by atoms with Gasteiger partial charge < -0.3 is 5.73 Å². The average molecular weight is 179 g/mol. The fourth-order valence-corrected chi connectivity index (χ4v) is 1.49. The van der Waals surface area contributed by atoms with E-state index in [0.717, 1.165) is 10.8 Å². The topological polar surface area (TPSA) is 38.9 Å². The Bertz CT molecular complexity index is 389. The van der Waals surface area contributed by atoms with E-state index in [9.17, 15) is 0 Å². The number of halogens is 1. The van der Waals surface area contributed by atoms with Gasteiger partial charge in [0.05, 0.1) is 5.02 Å². The number of anilines is 1. The van der Waals surface area contributed by atoms with Gasteiger partial charge in [0.15, 0.2) is 0 Å². The van der Waals surface area contributed by atoms with Crippen LogP contribution in [0.1, 0.15) is 0 Å². The number of rotatable bonds is 0. The summed E-state index contributed by atoms with van der Waals surface area (Å²) in [4.78, 5) is 3.96. The number of hydrogen-bond acceptors (Lipinski definition) is 2. The fraction of sp³-hybridized carbons (Fsp3) is 0. The normalized spacial score (nSPS) is 10.4. The van der Waals surface area contributed by atoms with Crippen LogP contribution in [0.25, 0.3) is 10.8 Å². The molecule has 0 amide bonds. The minimum atomic E-state index is 0.484. The minimum absolute atomic E-state index is 0.484. The molecule has 0 aliphatic carbocycles. The van der Waals surface area contributed by atoms with Gasteiger partial charge in [-0.05, 0) is 17.5 Å². The Balaban J connectivity index is 2.96. The molecule has 2 aromatic rings. The fourth-order valence-electron chi connectivity index (χ4n) is 1.21. The van der Waals surface area contributed by atoms with Crippen LogP contribution >= 0.6 is 11.6 Å². The van der Waals surface area contributed by atoms with Crippen LogP contribution in [0.3, 0.4) is 0 Å². The second-order valence-corrected chi connectivity index (χ2v) is 2.94. The number of fused-ring (bicyclic) bond motifs is 1. The molecule has 3 heteroatoms. The van der Waals surface area contributed by atoms with Crippen molar-refractivity contribution in [2.75, 3.05) is 5.73 Å². The molecule has 2 rings (SSSR count). The number of nitrogens with two attached hydrogens (primary N) is 1. The summed E-state index contributed by atoms with van der Waals surface area (Å²) >= 11 is 5.94. The van der Waals surface area contributed by atoms with Crippen molar-refractivity contribution in [3.05, 3.63) is 35.5 Å². The van der Waals surface area contributed by atoms with Crippen LogP contribution in [0.5, 0.6) is 0 Å². The van der Waals surface area contributed by atoms with Gasteiger partial charge >= 0.3 is 0 Å². The summed E-state index contributed by atoms with van der Waals surface area (Å²) in [5.41, 5.74) is 5.66. The molecule has 1 heterocycles. The molecule has 0 saturated heterocycles. The number of hydrogen-bond donors (Lipinski definition) is 1. The SMILES string of the molecule is Nc1nccc2cccc(Cl)c12. The van der Waals surface area contributed by atoms with Crippen LogP contribution in [-0.2, 0) is 0 Å². The Kier molecular flexibility index (Phi) is 1.62. The van der Waals surface area contributed by atoms with Gasteiger partial charge in [0, 0.05) is 11.6 Å². The van der Waals surface area contributed by atoms with E-state index >= 15 is 0 Å². The highest BCUT2D eigenvalue weighted by Crippen LogP contribution is 2.26. The van der Waals surface area contributed by atoms with Gasteiger partial charge in [-0.2, -0.15) is 0 Å². The number of nitrogen functional groups attached to an aromatic ring is 1. The molecule has 0 aliphatic rings. The Morgan fingerprint density at radius 1 is 1.25 bits per heavy atom. The first-order chi connectivity index (χ1) is 5.79. The third-order valence-corrected chi connectivity index (χ3v) is 2.08. The minimum Gasteiger partial charge on any atom is -0.383 e. The van der Waals surface area contributed by atoms with Crippen LogP contribution in [0.2, 0.25) is 5.02 Å². The van der Waals surface area contributed by atoms with Crippen molar-refractivity contribution in [1.29, 1.82) is 0 Å². The van der Waals surface area contributed by atoms with Gasteiger partial charge in [0.2, 0.25) is 0 Å². The molecule has 12 heavy (non-hydrogen) atoms. The lowest BCUT2D eigenvalue weighted by atomic mass is 10.2. The highest BCUT2D eigenvalue weighted by atomic mass is 35.5. The van der Waals surface area contributed by atoms with E-state index < -0.39 is 0 Å². The van der Waals surface area contributed by atoms with E-state index in [2.05, 4.69) is 4.98 Å². The smallest absolute Gasteiger partial charge is 0.132 e. The van der Waals surface area contributed by atoms with Crippen LogP contribution in [0.4, 0.5) is 5.82 Å². The number of aromatic nitrogens is 1. The maximum atomic E-state index is 5.94. The molecular weight excluding hydrogens is 172 g/mol. The third kappa shape index (κ3) is 1.01. The summed E-state index contributed by atoms with van der Waals surface area (Å²) < 4.78 is 0. The zero-order valence-electron chi connectivity index (χ0n) is 6.29. The molecule has 0 aliphatic heterocycles. The van der Waals surface area contributed by atoms with Gasteiger partial charge in [-0.1, -0.05) is 23.7 Å². The highest BCUT2D eigenvalue weighted by Gasteiger charge is 2.01. The van der Waals surface area contributed by atoms with Crippen LogP contribution in [0.15, 0.2) is 30.5 Å². The van der Waals surface area contributed by atoms with Crippen LogP contribution < -0.4 is 5.73 Å². The lowest BCUT2D eigenvalue weighted by molar-refractivity contribution is 1.37. The van der Waals surface area contributed by atoms with E-state index in [1.807, 2.05) is 24.3 Å². The van der Waals surface area contributed by atoms with Crippen molar-refractivity contribution >= 4 is 28.2 Å². The molecular formula is C9H7ClN2. The maximum Gasteiger partial charge on any atom is 0.132 e. The molecule has 0 unspecified atom stereocenters. The molecule has 2 nitrogen and oxygen atoms in total. The van der Waals surface area contributed by atoms with E-state index in [4.69, 9.17) is 17.3 Å². The molecule has 0 spiro atoms. The Hall–Kier alpha value is -1.28. The summed E-state index contributed by atoms with van der Waals surface area (Å²) in [6.45, 7) is 0. The second kappa shape index (κ2) is 2.64. The molecule has 2 N–H and O–H groups in total. The molecule has 0 radical (unpaired) electrons. The van der Waals surface area contributed by atoms with Gasteiger partial charge in [0.25, 0.3) is 0 Å². The van der Waals surface area contributed by atoms with Crippen molar-refractivity contribution in [3.8, 4) is 0 Å². The molecule has 0 bridgehead atoms. The molecule has 1 aromatic carbocycles. The first-order valence-corrected chi connectivity index (χ1v) is 3.95. The maximum absolute atomic E-state index is 5.94. The van der Waals surface area contributed by atoms with E-state index in [-0.39, 0.29) is 0 Å². The van der Waals surface area contributed by atoms with Crippen molar-refractivity contribution < 1.29 is 0 Å². The number of benzene rings is 1. The number of nitrogens with zero attached hydrogens (tertiary/aromatic N) is 1. The van der Waals surface area contributed by atoms with Crippen LogP contribution in [0, 0.1) is 0 Å². The molecule has 60 valence electrons. The van der Waals surface area contributed by atoms with Crippen LogP contribution in [-0.4, -0.2) is 4.98 Å². The quantitative estimate of drug-likeness (QED) is 0.673. The molecule has 1 aromatic heterocycles. The van der Waals surface area contributed by atoms with Crippen molar-refractivity contribution in [1.82, 2.24) is 4.98 Å². The first-order valence-electron chi connectivity index (χ1n) is 3.58. The summed E-state index contributed by atoms with van der Waals surface area (Å²) in [5.74, 6) is 0.484. The van der Waals surface area contributed by atoms with E-state index in [0.29, 0.717) is 10.8 Å². The van der Waals surface area contributed by atoms with Gasteiger partial charge in [-0.3, -0.25) is 0 Å². The van der Waals surface area contributed by atoms with Gasteiger partial charge in [-0.25, -0.2) is 4.98 Å². The standard InChI is InChI=1S/C9H7ClN2/c10-7-3-1-2-6-4-5-12-9(11)8(6)7/h1-5H,(H2,11,12). The summed E-state index contributed by atoms with van der Waals surface area (Å²) in [5, 5.41) is 2.51. The largest absolute Gasteiger partial charge is 0.383 e. The monoisotopic (exact) mass is 178 g/mol. The predicted octanol–water partition coefficient (Wildman–Crippen LogP) is 2.47. The van der Waals surface area contributed by atoms with Crippen molar-refractivity contribution in [3.63, 3.8) is 0 Å². The Morgan fingerprint density at radius 3 is 2.83 bits per heavy atom. The summed E-state index contributed by atoms with van der Waals surface area (Å²) in [7, 11) is 0. The van der Waals surface area contributed by atoms with Crippen molar-refractivity contribution in [2.24, 2.45) is 0 Å². The Morgan fingerprint density at radius 2 is 2.08 bits per heavy atom. The number of pyridine rings is 1.